The zero-order valence-electron chi connectivity index (χ0n) is 10.1. The maximum Gasteiger partial charge on any atom is 0.241 e. The molecule has 0 radical (unpaired) electrons. The van der Waals surface area contributed by atoms with Gasteiger partial charge in [0.15, 0.2) is 0 Å². The number of nitrogens with two attached hydrogens (primary N) is 2. The second-order valence-corrected chi connectivity index (χ2v) is 4.98. The second kappa shape index (κ2) is 6.02. The summed E-state index contributed by atoms with van der Waals surface area (Å²) in [6.45, 7) is 3.88. The molecule has 94 valence electrons. The van der Waals surface area contributed by atoms with Crippen molar-refractivity contribution >= 4 is 33.2 Å². The molecule has 0 saturated heterocycles. The van der Waals surface area contributed by atoms with Crippen molar-refractivity contribution in [3.63, 3.8) is 0 Å². The van der Waals surface area contributed by atoms with Gasteiger partial charge in [-0.2, -0.15) is 0 Å². The van der Waals surface area contributed by atoms with Gasteiger partial charge >= 0.3 is 0 Å². The molecule has 17 heavy (non-hydrogen) atoms. The normalized spacial score (nSPS) is 12.2. The Kier molecular flexibility index (Phi) is 4.96. The molecule has 0 aliphatic rings. The van der Waals surface area contributed by atoms with E-state index in [0.717, 1.165) is 16.5 Å². The standard InChI is InChI=1S/C12H18BrN3O/c1-3-4-9(14)12(17)16-10-6-8(13)5-7(2)11(10)15/h5-6,9H,3-4,14-15H2,1-2H3,(H,16,17). The topological polar surface area (TPSA) is 81.1 Å². The molecular formula is C12H18BrN3O. The Hall–Kier alpha value is -1.07. The molecule has 1 unspecified atom stereocenters. The van der Waals surface area contributed by atoms with Crippen molar-refractivity contribution in [1.29, 1.82) is 0 Å². The first-order chi connectivity index (χ1) is 7.95. The maximum atomic E-state index is 11.8. The van der Waals surface area contributed by atoms with Crippen LogP contribution in [0.2, 0.25) is 0 Å². The van der Waals surface area contributed by atoms with Gasteiger partial charge in [-0.15, -0.1) is 0 Å². The van der Waals surface area contributed by atoms with Crippen molar-refractivity contribution in [3.8, 4) is 0 Å². The van der Waals surface area contributed by atoms with E-state index in [1.165, 1.54) is 0 Å². The lowest BCUT2D eigenvalue weighted by Gasteiger charge is -2.14. The Morgan fingerprint density at radius 3 is 2.76 bits per heavy atom. The van der Waals surface area contributed by atoms with Crippen molar-refractivity contribution in [2.24, 2.45) is 5.73 Å². The number of amides is 1. The van der Waals surface area contributed by atoms with E-state index in [2.05, 4.69) is 21.2 Å². The Labute approximate surface area is 110 Å². The number of hydrogen-bond donors (Lipinski definition) is 3. The number of rotatable bonds is 4. The Morgan fingerprint density at radius 1 is 1.53 bits per heavy atom. The van der Waals surface area contributed by atoms with Gasteiger partial charge in [-0.05, 0) is 31.0 Å². The van der Waals surface area contributed by atoms with E-state index in [1.807, 2.05) is 19.9 Å². The van der Waals surface area contributed by atoms with Gasteiger partial charge in [-0.3, -0.25) is 4.79 Å². The lowest BCUT2D eigenvalue weighted by atomic mass is 10.1. The van der Waals surface area contributed by atoms with Gasteiger partial charge < -0.3 is 16.8 Å². The number of halogens is 1. The predicted octanol–water partition coefficient (Wildman–Crippen LogP) is 2.41. The summed E-state index contributed by atoms with van der Waals surface area (Å²) in [5.74, 6) is -0.198. The van der Waals surface area contributed by atoms with Gasteiger partial charge in [0.1, 0.15) is 0 Å². The molecule has 0 spiro atoms. The summed E-state index contributed by atoms with van der Waals surface area (Å²) < 4.78 is 0.878. The van der Waals surface area contributed by atoms with E-state index in [0.29, 0.717) is 17.8 Å². The number of nitrogen functional groups attached to an aromatic ring is 1. The fraction of sp³-hybridized carbons (Fsp3) is 0.417. The third-order valence-electron chi connectivity index (χ3n) is 2.55. The van der Waals surface area contributed by atoms with Crippen molar-refractivity contribution in [3.05, 3.63) is 22.2 Å². The number of carbonyl (C=O) groups excluding carboxylic acids is 1. The number of hydrogen-bond acceptors (Lipinski definition) is 3. The van der Waals surface area contributed by atoms with Crippen LogP contribution in [0.4, 0.5) is 11.4 Å². The fourth-order valence-corrected chi connectivity index (χ4v) is 2.10. The van der Waals surface area contributed by atoms with Crippen LogP contribution in [0.1, 0.15) is 25.3 Å². The molecule has 0 bridgehead atoms. The van der Waals surface area contributed by atoms with Crippen LogP contribution in [0.5, 0.6) is 0 Å². The minimum atomic E-state index is -0.487. The molecular weight excluding hydrogens is 282 g/mol. The quantitative estimate of drug-likeness (QED) is 0.747. The summed E-state index contributed by atoms with van der Waals surface area (Å²) in [6.07, 6.45) is 1.54. The molecule has 0 saturated carbocycles. The SMILES string of the molecule is CCCC(N)C(=O)Nc1cc(Br)cc(C)c1N. The minimum absolute atomic E-state index is 0.198. The zero-order valence-corrected chi connectivity index (χ0v) is 11.7. The fourth-order valence-electron chi connectivity index (χ4n) is 1.53. The summed E-state index contributed by atoms with van der Waals surface area (Å²) in [5, 5.41) is 2.76. The number of carbonyl (C=O) groups is 1. The smallest absolute Gasteiger partial charge is 0.241 e. The van der Waals surface area contributed by atoms with E-state index < -0.39 is 6.04 Å². The predicted molar refractivity (Wildman–Crippen MR) is 74.8 cm³/mol. The summed E-state index contributed by atoms with van der Waals surface area (Å²) in [6, 6.07) is 3.19. The lowest BCUT2D eigenvalue weighted by Crippen LogP contribution is -2.35. The second-order valence-electron chi connectivity index (χ2n) is 4.07. The molecule has 0 fully saturated rings. The van der Waals surface area contributed by atoms with Crippen LogP contribution in [0.3, 0.4) is 0 Å². The van der Waals surface area contributed by atoms with Gasteiger partial charge in [0, 0.05) is 4.47 Å². The largest absolute Gasteiger partial charge is 0.397 e. The van der Waals surface area contributed by atoms with E-state index in [-0.39, 0.29) is 5.91 Å². The molecule has 1 amide bonds. The Balaban J connectivity index is 2.85. The molecule has 5 N–H and O–H groups in total. The van der Waals surface area contributed by atoms with Crippen molar-refractivity contribution < 1.29 is 4.79 Å². The highest BCUT2D eigenvalue weighted by Gasteiger charge is 2.14. The molecule has 0 aromatic heterocycles. The first-order valence-corrected chi connectivity index (χ1v) is 6.37. The number of anilines is 2. The van der Waals surface area contributed by atoms with Crippen LogP contribution in [-0.4, -0.2) is 11.9 Å². The third-order valence-corrected chi connectivity index (χ3v) is 3.00. The monoisotopic (exact) mass is 299 g/mol. The van der Waals surface area contributed by atoms with E-state index in [1.54, 1.807) is 6.07 Å². The van der Waals surface area contributed by atoms with E-state index >= 15 is 0 Å². The van der Waals surface area contributed by atoms with Crippen LogP contribution in [0, 0.1) is 6.92 Å². The summed E-state index contributed by atoms with van der Waals surface area (Å²) in [7, 11) is 0. The van der Waals surface area contributed by atoms with Crippen LogP contribution < -0.4 is 16.8 Å². The van der Waals surface area contributed by atoms with E-state index in [9.17, 15) is 4.79 Å². The lowest BCUT2D eigenvalue weighted by molar-refractivity contribution is -0.117. The van der Waals surface area contributed by atoms with Gasteiger partial charge in [-0.25, -0.2) is 0 Å². The van der Waals surface area contributed by atoms with Crippen molar-refractivity contribution in [1.82, 2.24) is 0 Å². The highest BCUT2D eigenvalue weighted by atomic mass is 79.9. The molecule has 1 aromatic carbocycles. The van der Waals surface area contributed by atoms with Gasteiger partial charge in [0.05, 0.1) is 17.4 Å². The van der Waals surface area contributed by atoms with Crippen molar-refractivity contribution in [2.75, 3.05) is 11.1 Å². The first kappa shape index (κ1) is 14.0. The summed E-state index contributed by atoms with van der Waals surface area (Å²) in [4.78, 5) is 11.8. The molecule has 1 rings (SSSR count). The van der Waals surface area contributed by atoms with Crippen LogP contribution in [0.15, 0.2) is 16.6 Å². The van der Waals surface area contributed by atoms with Gasteiger partial charge in [-0.1, -0.05) is 29.3 Å². The van der Waals surface area contributed by atoms with Crippen LogP contribution >= 0.6 is 15.9 Å². The van der Waals surface area contributed by atoms with Gasteiger partial charge in [0.2, 0.25) is 5.91 Å². The zero-order chi connectivity index (χ0) is 13.0. The summed E-state index contributed by atoms with van der Waals surface area (Å²) >= 11 is 3.37. The highest BCUT2D eigenvalue weighted by Crippen LogP contribution is 2.27. The molecule has 5 heteroatoms. The summed E-state index contributed by atoms with van der Waals surface area (Å²) in [5.41, 5.74) is 13.7. The van der Waals surface area contributed by atoms with E-state index in [4.69, 9.17) is 11.5 Å². The highest BCUT2D eigenvalue weighted by molar-refractivity contribution is 9.10. The Morgan fingerprint density at radius 2 is 2.18 bits per heavy atom. The van der Waals surface area contributed by atoms with Gasteiger partial charge in [0.25, 0.3) is 0 Å². The van der Waals surface area contributed by atoms with Crippen LogP contribution in [0.25, 0.3) is 0 Å². The van der Waals surface area contributed by atoms with Crippen LogP contribution in [-0.2, 0) is 4.79 Å². The third kappa shape index (κ3) is 3.71. The van der Waals surface area contributed by atoms with Crippen molar-refractivity contribution in [2.45, 2.75) is 32.7 Å². The molecule has 1 atom stereocenters. The average Bonchev–Trinajstić information content (AvgIpc) is 2.25. The minimum Gasteiger partial charge on any atom is -0.397 e. The maximum absolute atomic E-state index is 11.8. The molecule has 4 nitrogen and oxygen atoms in total. The first-order valence-electron chi connectivity index (χ1n) is 5.57. The molecule has 0 aliphatic heterocycles. The molecule has 0 aliphatic carbocycles. The average molecular weight is 300 g/mol. The number of nitrogens with one attached hydrogen (secondary N) is 1. The number of aryl methyl sites for hydroxylation is 1. The molecule has 0 heterocycles. The Bertz CT molecular complexity index is 420. The number of benzene rings is 1. The molecule has 1 aromatic rings.